The van der Waals surface area contributed by atoms with Crippen LogP contribution in [0.25, 0.3) is 11.2 Å². The average Bonchev–Trinajstić information content (AvgIpc) is 2.91. The molecule has 0 radical (unpaired) electrons. The van der Waals surface area contributed by atoms with Crippen molar-refractivity contribution in [3.05, 3.63) is 27.2 Å². The number of aliphatic hydroxyl groups excluding tert-OH is 2. The number of carboxylic acids is 2. The standard InChI is InChI=1S/C8H10N4O2.C4H6O6/c1-10-4-9-6-5(10)7(13)12(3)8(14)11(6)2;5-1(3(7)8)2(6)4(9)10/h4H,1-3H3;1-2,5-6H,(H,7,8)(H,9,10)/t;1-,2-/m.0/s1. The van der Waals surface area contributed by atoms with Crippen molar-refractivity contribution in [3.8, 4) is 0 Å². The fourth-order valence-corrected chi connectivity index (χ4v) is 1.74. The predicted molar refractivity (Wildman–Crippen MR) is 78.5 cm³/mol. The number of aliphatic carboxylic acids is 2. The molecular weight excluding hydrogens is 328 g/mol. The van der Waals surface area contributed by atoms with E-state index in [1.807, 2.05) is 0 Å². The van der Waals surface area contributed by atoms with E-state index in [0.717, 1.165) is 4.57 Å². The van der Waals surface area contributed by atoms with Crippen LogP contribution in [0.1, 0.15) is 0 Å². The molecule has 0 fully saturated rings. The Hall–Kier alpha value is -2.99. The van der Waals surface area contributed by atoms with E-state index in [4.69, 9.17) is 20.4 Å². The Balaban J connectivity index is 0.000000257. The van der Waals surface area contributed by atoms with E-state index in [2.05, 4.69) is 4.98 Å². The van der Waals surface area contributed by atoms with Crippen LogP contribution in [-0.2, 0) is 30.7 Å². The van der Waals surface area contributed by atoms with Gasteiger partial charge in [-0.05, 0) is 0 Å². The second-order valence-electron chi connectivity index (χ2n) is 4.80. The number of nitrogens with zero attached hydrogens (tertiary/aromatic N) is 4. The Morgan fingerprint density at radius 1 is 1.00 bits per heavy atom. The number of hydrogen-bond acceptors (Lipinski definition) is 7. The fraction of sp³-hybridized carbons (Fsp3) is 0.417. The molecule has 12 heteroatoms. The predicted octanol–water partition coefficient (Wildman–Crippen LogP) is -3.15. The number of fused-ring (bicyclic) bond motifs is 1. The number of carbonyl (C=O) groups is 2. The lowest BCUT2D eigenvalue weighted by atomic mass is 10.2. The molecule has 0 bridgehead atoms. The van der Waals surface area contributed by atoms with Crippen LogP contribution >= 0.6 is 0 Å². The topological polar surface area (TPSA) is 177 Å². The number of hydrogen-bond donors (Lipinski definition) is 4. The molecule has 0 aliphatic carbocycles. The Kier molecular flexibility index (Phi) is 5.60. The number of aromatic nitrogens is 4. The van der Waals surface area contributed by atoms with Gasteiger partial charge in [0.2, 0.25) is 0 Å². The third-order valence-corrected chi connectivity index (χ3v) is 3.12. The lowest BCUT2D eigenvalue weighted by Gasteiger charge is -2.07. The molecule has 0 unspecified atom stereocenters. The van der Waals surface area contributed by atoms with Crippen molar-refractivity contribution in [1.82, 2.24) is 18.7 Å². The molecule has 2 heterocycles. The molecule has 0 amide bonds. The van der Waals surface area contributed by atoms with Gasteiger partial charge in [-0.25, -0.2) is 19.4 Å². The van der Waals surface area contributed by atoms with Gasteiger partial charge in [-0.2, -0.15) is 0 Å². The van der Waals surface area contributed by atoms with Crippen molar-refractivity contribution in [1.29, 1.82) is 0 Å². The SMILES string of the molecule is Cn1c(=O)c2c(ncn2C)n(C)c1=O.O=C(O)[C@@H](O)[C@H](O)C(=O)O. The summed E-state index contributed by atoms with van der Waals surface area (Å²) in [6, 6.07) is 0. The van der Waals surface area contributed by atoms with Crippen molar-refractivity contribution in [3.63, 3.8) is 0 Å². The second kappa shape index (κ2) is 7.06. The summed E-state index contributed by atoms with van der Waals surface area (Å²) in [6.45, 7) is 0. The zero-order valence-electron chi connectivity index (χ0n) is 12.9. The number of carboxylic acid groups (broad SMARTS) is 2. The quantitative estimate of drug-likeness (QED) is 0.447. The highest BCUT2D eigenvalue weighted by Gasteiger charge is 2.29. The van der Waals surface area contributed by atoms with Gasteiger partial charge in [0.05, 0.1) is 6.33 Å². The summed E-state index contributed by atoms with van der Waals surface area (Å²) in [5.41, 5.74) is 0.180. The molecule has 12 nitrogen and oxygen atoms in total. The van der Waals surface area contributed by atoms with Crippen LogP contribution < -0.4 is 11.2 Å². The maximum absolute atomic E-state index is 11.7. The highest BCUT2D eigenvalue weighted by molar-refractivity contribution is 5.83. The molecule has 2 aromatic rings. The van der Waals surface area contributed by atoms with Crippen LogP contribution in [0.15, 0.2) is 15.9 Å². The minimum Gasteiger partial charge on any atom is -0.479 e. The van der Waals surface area contributed by atoms with E-state index >= 15 is 0 Å². The van der Waals surface area contributed by atoms with Crippen LogP contribution in [0.4, 0.5) is 0 Å². The molecule has 4 N–H and O–H groups in total. The molecule has 0 aromatic carbocycles. The number of aliphatic hydroxyl groups is 2. The summed E-state index contributed by atoms with van der Waals surface area (Å²) < 4.78 is 4.04. The van der Waals surface area contributed by atoms with Gasteiger partial charge in [0.25, 0.3) is 5.56 Å². The molecule has 132 valence electrons. The lowest BCUT2D eigenvalue weighted by Crippen LogP contribution is -2.39. The normalized spacial score (nSPS) is 13.0. The van der Waals surface area contributed by atoms with E-state index in [9.17, 15) is 19.2 Å². The molecule has 0 saturated heterocycles. The summed E-state index contributed by atoms with van der Waals surface area (Å²) in [7, 11) is 4.77. The van der Waals surface area contributed by atoms with Gasteiger partial charge in [-0.3, -0.25) is 13.9 Å². The van der Waals surface area contributed by atoms with E-state index in [1.165, 1.54) is 17.9 Å². The van der Waals surface area contributed by atoms with E-state index in [0.29, 0.717) is 11.2 Å². The highest BCUT2D eigenvalue weighted by Crippen LogP contribution is 2.01. The summed E-state index contributed by atoms with van der Waals surface area (Å²) >= 11 is 0. The zero-order valence-corrected chi connectivity index (χ0v) is 12.9. The smallest absolute Gasteiger partial charge is 0.335 e. The minimum absolute atomic E-state index is 0.317. The van der Waals surface area contributed by atoms with Gasteiger partial charge >= 0.3 is 17.6 Å². The van der Waals surface area contributed by atoms with Crippen LogP contribution in [-0.4, -0.2) is 63.3 Å². The third kappa shape index (κ3) is 3.49. The van der Waals surface area contributed by atoms with Gasteiger partial charge in [0.15, 0.2) is 23.4 Å². The van der Waals surface area contributed by atoms with Crippen molar-refractivity contribution in [2.45, 2.75) is 12.2 Å². The van der Waals surface area contributed by atoms with Gasteiger partial charge in [0, 0.05) is 21.1 Å². The Bertz CT molecular complexity index is 875. The molecule has 0 aliphatic heterocycles. The number of aryl methyl sites for hydroxylation is 2. The summed E-state index contributed by atoms with van der Waals surface area (Å²) in [6.07, 6.45) is -3.01. The fourth-order valence-electron chi connectivity index (χ4n) is 1.74. The zero-order chi connectivity index (χ0) is 18.8. The first-order chi connectivity index (χ1) is 11.0. The molecule has 24 heavy (non-hydrogen) atoms. The van der Waals surface area contributed by atoms with E-state index < -0.39 is 24.1 Å². The first kappa shape index (κ1) is 19.1. The summed E-state index contributed by atoms with van der Waals surface area (Å²) in [5.74, 6) is -3.54. The van der Waals surface area contributed by atoms with Gasteiger partial charge in [-0.1, -0.05) is 0 Å². The van der Waals surface area contributed by atoms with Crippen molar-refractivity contribution in [2.75, 3.05) is 0 Å². The van der Waals surface area contributed by atoms with Crippen molar-refractivity contribution in [2.24, 2.45) is 21.1 Å². The molecule has 2 atom stereocenters. The van der Waals surface area contributed by atoms with Crippen molar-refractivity contribution >= 4 is 23.1 Å². The maximum atomic E-state index is 11.7. The Morgan fingerprint density at radius 3 is 1.88 bits per heavy atom. The Labute approximate surface area is 133 Å². The second-order valence-corrected chi connectivity index (χ2v) is 4.80. The molecule has 2 rings (SSSR count). The largest absolute Gasteiger partial charge is 0.479 e. The first-order valence-corrected chi connectivity index (χ1v) is 6.39. The number of imidazole rings is 1. The van der Waals surface area contributed by atoms with Crippen LogP contribution in [0, 0.1) is 0 Å². The minimum atomic E-state index is -2.27. The van der Waals surface area contributed by atoms with E-state index in [-0.39, 0.29) is 11.2 Å². The first-order valence-electron chi connectivity index (χ1n) is 6.39. The van der Waals surface area contributed by atoms with Crippen LogP contribution in [0.3, 0.4) is 0 Å². The molecule has 0 saturated carbocycles. The van der Waals surface area contributed by atoms with Gasteiger partial charge in [-0.15, -0.1) is 0 Å². The average molecular weight is 344 g/mol. The summed E-state index contributed by atoms with van der Waals surface area (Å²) in [4.78, 5) is 46.7. The monoisotopic (exact) mass is 344 g/mol. The highest BCUT2D eigenvalue weighted by atomic mass is 16.4. The van der Waals surface area contributed by atoms with Gasteiger partial charge in [0.1, 0.15) is 0 Å². The maximum Gasteiger partial charge on any atom is 0.335 e. The van der Waals surface area contributed by atoms with Crippen LogP contribution in [0.5, 0.6) is 0 Å². The molecule has 2 aromatic heterocycles. The summed E-state index contributed by atoms with van der Waals surface area (Å²) in [5, 5.41) is 32.5. The molecule has 0 aliphatic rings. The molecular formula is C12H16N4O8. The van der Waals surface area contributed by atoms with E-state index in [1.54, 1.807) is 18.7 Å². The lowest BCUT2D eigenvalue weighted by molar-refractivity contribution is -0.165. The number of rotatable bonds is 3. The van der Waals surface area contributed by atoms with Gasteiger partial charge < -0.3 is 25.0 Å². The Morgan fingerprint density at radius 2 is 1.46 bits per heavy atom. The van der Waals surface area contributed by atoms with Crippen LogP contribution in [0.2, 0.25) is 0 Å². The molecule has 0 spiro atoms. The van der Waals surface area contributed by atoms with Crippen molar-refractivity contribution < 1.29 is 30.0 Å². The third-order valence-electron chi connectivity index (χ3n) is 3.12.